The Morgan fingerprint density at radius 3 is 1.53 bits per heavy atom. The van der Waals surface area contributed by atoms with Crippen LogP contribution in [-0.4, -0.2) is 26.0 Å². The van der Waals surface area contributed by atoms with Gasteiger partial charge in [0.15, 0.2) is 15.9 Å². The Bertz CT molecular complexity index is 331. The molecule has 0 radical (unpaired) electrons. The van der Waals surface area contributed by atoms with Crippen molar-refractivity contribution in [1.29, 1.82) is 0 Å². The minimum absolute atomic E-state index is 0. The third kappa shape index (κ3) is 4.76. The summed E-state index contributed by atoms with van der Waals surface area (Å²) in [4.78, 5) is 9.76. The maximum Gasteiger partial charge on any atom is 1.00 e. The first-order valence-electron chi connectivity index (χ1n) is 2.53. The second-order valence-corrected chi connectivity index (χ2v) is 3.41. The molecule has 0 spiro atoms. The van der Waals surface area contributed by atoms with Crippen LogP contribution in [0.15, 0.2) is 0 Å². The van der Waals surface area contributed by atoms with Crippen LogP contribution in [0.25, 0.3) is 4.72 Å². The summed E-state index contributed by atoms with van der Waals surface area (Å²) in [5.41, 5.74) is -6.02. The average molecular weight is 251 g/mol. The van der Waals surface area contributed by atoms with E-state index in [4.69, 9.17) is 0 Å². The number of hydrogen-bond donors (Lipinski definition) is 0. The van der Waals surface area contributed by atoms with Gasteiger partial charge in [-0.3, -0.25) is 0 Å². The molecule has 0 rings (SSSR count). The largest absolute Gasteiger partial charge is 1.00 e. The number of amides is 1. The molecule has 0 aliphatic rings. The molecule has 1 amide bonds. The number of sulfonamides is 1. The van der Waals surface area contributed by atoms with E-state index in [-0.39, 0.29) is 18.9 Å². The second-order valence-electron chi connectivity index (χ2n) is 1.82. The number of halogens is 6. The molecule has 0 aliphatic carbocycles. The van der Waals surface area contributed by atoms with E-state index in [2.05, 4.69) is 0 Å². The van der Waals surface area contributed by atoms with Crippen molar-refractivity contribution >= 4 is 15.9 Å². The Kier molecular flexibility index (Phi) is 5.25. The SMILES string of the molecule is O=C([N-]S(=O)(=O)C(F)(F)F)C(F)(F)F.[Li+]. The molecule has 0 aromatic carbocycles. The van der Waals surface area contributed by atoms with Crippen molar-refractivity contribution in [2.24, 2.45) is 0 Å². The minimum Gasteiger partial charge on any atom is -0.531 e. The maximum atomic E-state index is 11.4. The van der Waals surface area contributed by atoms with Crippen molar-refractivity contribution in [3.05, 3.63) is 4.72 Å². The van der Waals surface area contributed by atoms with Gasteiger partial charge in [0.1, 0.15) is 0 Å². The first-order chi connectivity index (χ1) is 5.88. The first-order valence-corrected chi connectivity index (χ1v) is 3.97. The van der Waals surface area contributed by atoms with E-state index in [9.17, 15) is 39.6 Å². The molecule has 84 valence electrons. The molecule has 0 aliphatic heterocycles. The minimum atomic E-state index is -6.42. The van der Waals surface area contributed by atoms with Crippen molar-refractivity contribution in [3.63, 3.8) is 0 Å². The van der Waals surface area contributed by atoms with Crippen LogP contribution in [0.3, 0.4) is 0 Å². The van der Waals surface area contributed by atoms with Crippen molar-refractivity contribution < 1.29 is 58.4 Å². The molecular weight excluding hydrogens is 251 g/mol. The summed E-state index contributed by atoms with van der Waals surface area (Å²) in [6.07, 6.45) is -5.75. The summed E-state index contributed by atoms with van der Waals surface area (Å²) in [6.45, 7) is 0. The topological polar surface area (TPSA) is 65.3 Å². The number of carbonyl (C=O) groups excluding carboxylic acids is 1. The molecule has 4 nitrogen and oxygen atoms in total. The molecule has 0 heterocycles. The summed E-state index contributed by atoms with van der Waals surface area (Å²) in [5, 5.41) is 0. The molecule has 0 N–H and O–H groups in total. The number of rotatable bonds is 1. The van der Waals surface area contributed by atoms with E-state index >= 15 is 0 Å². The molecule has 0 unspecified atom stereocenters. The molecule has 0 saturated heterocycles. The van der Waals surface area contributed by atoms with Gasteiger partial charge in [0.05, 0.1) is 0 Å². The Morgan fingerprint density at radius 1 is 1.00 bits per heavy atom. The normalized spacial score (nSPS) is 12.9. The van der Waals surface area contributed by atoms with E-state index in [1.807, 2.05) is 0 Å². The van der Waals surface area contributed by atoms with Gasteiger partial charge < -0.3 is 9.52 Å². The van der Waals surface area contributed by atoms with E-state index in [1.54, 1.807) is 0 Å². The summed E-state index contributed by atoms with van der Waals surface area (Å²) in [7, 11) is -6.42. The van der Waals surface area contributed by atoms with Gasteiger partial charge in [-0.1, -0.05) is 0 Å². The van der Waals surface area contributed by atoms with Crippen LogP contribution in [0.5, 0.6) is 0 Å². The van der Waals surface area contributed by atoms with Gasteiger partial charge in [0, 0.05) is 0 Å². The summed E-state index contributed by atoms with van der Waals surface area (Å²) in [5.74, 6) is -3.32. The van der Waals surface area contributed by atoms with Gasteiger partial charge in [-0.2, -0.15) is 26.3 Å². The maximum absolute atomic E-state index is 11.4. The van der Waals surface area contributed by atoms with Gasteiger partial charge in [-0.15, -0.1) is 0 Å². The van der Waals surface area contributed by atoms with Crippen molar-refractivity contribution in [1.82, 2.24) is 0 Å². The molecule has 0 aromatic heterocycles. The summed E-state index contributed by atoms with van der Waals surface area (Å²) >= 11 is 0. The van der Waals surface area contributed by atoms with Crippen molar-refractivity contribution in [2.45, 2.75) is 11.7 Å². The fraction of sp³-hybridized carbons (Fsp3) is 0.667. The molecule has 0 atom stereocenters. The van der Waals surface area contributed by atoms with Crippen LogP contribution in [0.4, 0.5) is 26.3 Å². The predicted octanol–water partition coefficient (Wildman–Crippen LogP) is -1.70. The van der Waals surface area contributed by atoms with Gasteiger partial charge >= 0.3 is 30.5 Å². The zero-order valence-corrected chi connectivity index (χ0v) is 7.66. The summed E-state index contributed by atoms with van der Waals surface area (Å²) < 4.78 is 88.8. The zero-order valence-electron chi connectivity index (χ0n) is 6.85. The average Bonchev–Trinajstić information content (AvgIpc) is 1.80. The number of hydrogen-bond acceptors (Lipinski definition) is 3. The Balaban J connectivity index is 0. The molecular formula is C3F6LiNO3S. The monoisotopic (exact) mass is 251 g/mol. The molecule has 0 fully saturated rings. The van der Waals surface area contributed by atoms with Crippen molar-refractivity contribution in [2.75, 3.05) is 0 Å². The predicted molar refractivity (Wildman–Crippen MR) is 29.4 cm³/mol. The van der Waals surface area contributed by atoms with Crippen LogP contribution in [0, 0.1) is 0 Å². The first kappa shape index (κ1) is 17.0. The van der Waals surface area contributed by atoms with E-state index in [1.165, 1.54) is 0 Å². The van der Waals surface area contributed by atoms with E-state index < -0.39 is 27.6 Å². The Morgan fingerprint density at radius 2 is 1.33 bits per heavy atom. The third-order valence-electron chi connectivity index (χ3n) is 0.738. The van der Waals surface area contributed by atoms with E-state index in [0.29, 0.717) is 0 Å². The van der Waals surface area contributed by atoms with Gasteiger partial charge in [-0.05, 0) is 0 Å². The van der Waals surface area contributed by atoms with Crippen LogP contribution >= 0.6 is 0 Å². The fourth-order valence-electron chi connectivity index (χ4n) is 0.213. The third-order valence-corrected chi connectivity index (χ3v) is 1.73. The van der Waals surface area contributed by atoms with Gasteiger partial charge in [0.25, 0.3) is 0 Å². The Labute approximate surface area is 91.2 Å². The summed E-state index contributed by atoms with van der Waals surface area (Å²) in [6, 6.07) is 0. The van der Waals surface area contributed by atoms with Crippen molar-refractivity contribution in [3.8, 4) is 0 Å². The van der Waals surface area contributed by atoms with Crippen LogP contribution < -0.4 is 18.9 Å². The second kappa shape index (κ2) is 4.63. The number of alkyl halides is 6. The quantitative estimate of drug-likeness (QED) is 0.412. The molecule has 12 heteroatoms. The molecule has 15 heavy (non-hydrogen) atoms. The molecule has 0 bridgehead atoms. The van der Waals surface area contributed by atoms with Gasteiger partial charge in [-0.25, -0.2) is 8.42 Å². The van der Waals surface area contributed by atoms with Crippen LogP contribution in [0.1, 0.15) is 0 Å². The smallest absolute Gasteiger partial charge is 0.531 e. The van der Waals surface area contributed by atoms with E-state index in [0.717, 1.165) is 4.72 Å². The molecule has 0 saturated carbocycles. The zero-order chi connectivity index (χ0) is 11.8. The van der Waals surface area contributed by atoms with Crippen LogP contribution in [0.2, 0.25) is 0 Å². The van der Waals surface area contributed by atoms with Gasteiger partial charge in [0.2, 0.25) is 0 Å². The standard InChI is InChI=1S/C3HF6NO3S.Li/c4-2(5,6)1(11)10-14(12,13)3(7,8)9;/h(H,10,11);/q;+1/p-1. The number of nitrogens with zero attached hydrogens (tertiary/aromatic N) is 1. The number of carbonyl (C=O) groups is 1. The fourth-order valence-corrected chi connectivity index (χ4v) is 0.638. The Hall–Kier alpha value is -0.403. The van der Waals surface area contributed by atoms with Crippen LogP contribution in [-0.2, 0) is 14.8 Å². The molecule has 0 aromatic rings.